The molecule has 176 valence electrons. The van der Waals surface area contributed by atoms with Gasteiger partial charge in [-0.3, -0.25) is 4.79 Å². The number of esters is 1. The highest BCUT2D eigenvalue weighted by atomic mass is 35.5. The zero-order valence-corrected chi connectivity index (χ0v) is 19.7. The van der Waals surface area contributed by atoms with Gasteiger partial charge in [0.25, 0.3) is 0 Å². The third kappa shape index (κ3) is 5.72. The van der Waals surface area contributed by atoms with Gasteiger partial charge >= 0.3 is 5.97 Å². The molecule has 1 aromatic heterocycles. The van der Waals surface area contributed by atoms with Gasteiger partial charge < -0.3 is 19.2 Å². The molecule has 2 aliphatic rings. The summed E-state index contributed by atoms with van der Waals surface area (Å²) in [5, 5.41) is 4.27. The topological polar surface area (TPSA) is 77.8 Å². The fourth-order valence-corrected chi connectivity index (χ4v) is 5.09. The Morgan fingerprint density at radius 1 is 1.16 bits per heavy atom. The zero-order valence-electron chi connectivity index (χ0n) is 18.9. The van der Waals surface area contributed by atoms with E-state index < -0.39 is 5.97 Å². The lowest BCUT2D eigenvalue weighted by Gasteiger charge is -2.30. The molecule has 1 aliphatic heterocycles. The first-order valence-electron chi connectivity index (χ1n) is 11.5. The van der Waals surface area contributed by atoms with Crippen LogP contribution in [0, 0.1) is 11.8 Å². The summed E-state index contributed by atoms with van der Waals surface area (Å²) >= 11 is 0. The Bertz CT molecular complexity index is 920. The van der Waals surface area contributed by atoms with Crippen molar-refractivity contribution in [2.24, 2.45) is 11.8 Å². The van der Waals surface area contributed by atoms with Crippen molar-refractivity contribution in [2.45, 2.75) is 64.0 Å². The summed E-state index contributed by atoms with van der Waals surface area (Å²) in [7, 11) is 1.57. The van der Waals surface area contributed by atoms with E-state index >= 15 is 0 Å². The predicted molar refractivity (Wildman–Crippen MR) is 125 cm³/mol. The molecule has 0 radical (unpaired) electrons. The van der Waals surface area contributed by atoms with Crippen LogP contribution in [0.1, 0.15) is 61.6 Å². The molecule has 1 N–H and O–H groups in total. The monoisotopic (exact) mass is 463 g/mol. The van der Waals surface area contributed by atoms with Crippen LogP contribution in [0.2, 0.25) is 0 Å². The first kappa shape index (κ1) is 24.7. The number of furan rings is 1. The van der Waals surface area contributed by atoms with Crippen LogP contribution in [-0.4, -0.2) is 44.2 Å². The Labute approximate surface area is 195 Å². The van der Waals surface area contributed by atoms with Crippen molar-refractivity contribution < 1.29 is 23.5 Å². The number of methoxy groups -OCH3 is 1. The zero-order chi connectivity index (χ0) is 21.8. The number of ketones is 1. The first-order valence-corrected chi connectivity index (χ1v) is 11.5. The molecule has 6 nitrogen and oxygen atoms in total. The Balaban J connectivity index is 0.00000289. The number of fused-ring (bicyclic) bond motifs is 1. The molecule has 0 spiro atoms. The Kier molecular flexibility index (Phi) is 8.74. The Hall–Kier alpha value is -1.89. The van der Waals surface area contributed by atoms with Gasteiger partial charge in [0.2, 0.25) is 5.76 Å². The average molecular weight is 464 g/mol. The van der Waals surface area contributed by atoms with E-state index in [9.17, 15) is 9.59 Å². The van der Waals surface area contributed by atoms with E-state index in [-0.39, 0.29) is 42.7 Å². The summed E-state index contributed by atoms with van der Waals surface area (Å²) in [4.78, 5) is 25.3. The third-order valence-electron chi connectivity index (χ3n) is 6.88. The van der Waals surface area contributed by atoms with Crippen molar-refractivity contribution in [1.29, 1.82) is 0 Å². The highest BCUT2D eigenvalue weighted by Crippen LogP contribution is 2.36. The van der Waals surface area contributed by atoms with Crippen molar-refractivity contribution in [1.82, 2.24) is 5.32 Å². The minimum Gasteiger partial charge on any atom is -0.457 e. The molecule has 1 saturated carbocycles. The number of ether oxygens (including phenoxy) is 2. The summed E-state index contributed by atoms with van der Waals surface area (Å²) in [5.41, 5.74) is 1.56. The summed E-state index contributed by atoms with van der Waals surface area (Å²) in [5.74, 6) is 1.08. The lowest BCUT2D eigenvalue weighted by molar-refractivity contribution is -0.121. The minimum atomic E-state index is -0.511. The Morgan fingerprint density at radius 2 is 1.94 bits per heavy atom. The second-order valence-corrected chi connectivity index (χ2v) is 9.05. The number of carbonyl (C=O) groups excluding carboxylic acids is 2. The normalized spacial score (nSPS) is 22.4. The van der Waals surface area contributed by atoms with Crippen LogP contribution in [-0.2, 0) is 20.7 Å². The summed E-state index contributed by atoms with van der Waals surface area (Å²) in [6.45, 7) is 2.93. The fraction of sp³-hybridized carbons (Fsp3) is 0.600. The number of rotatable bonds is 8. The van der Waals surface area contributed by atoms with Crippen LogP contribution >= 0.6 is 12.4 Å². The van der Waals surface area contributed by atoms with E-state index in [2.05, 4.69) is 5.32 Å². The van der Waals surface area contributed by atoms with Crippen LogP contribution in [0.25, 0.3) is 11.0 Å². The molecule has 2 heterocycles. The molecule has 3 atom stereocenters. The molecule has 1 aromatic carbocycles. The SMILES string of the molecule is CO[C@@H](C)COC(=O)c1cc2cc(CC(=O)[C@H]3NCC[C@H]3C3CCCCC3)ccc2o1.Cl. The van der Waals surface area contributed by atoms with Crippen LogP contribution in [0.5, 0.6) is 0 Å². The van der Waals surface area contributed by atoms with E-state index in [1.807, 2.05) is 25.1 Å². The van der Waals surface area contributed by atoms with Crippen LogP contribution in [0.4, 0.5) is 0 Å². The first-order chi connectivity index (χ1) is 15.0. The van der Waals surface area contributed by atoms with Gasteiger partial charge in [-0.05, 0) is 55.5 Å². The average Bonchev–Trinajstić information content (AvgIpc) is 3.45. The maximum Gasteiger partial charge on any atom is 0.374 e. The molecule has 2 fully saturated rings. The second-order valence-electron chi connectivity index (χ2n) is 9.05. The smallest absolute Gasteiger partial charge is 0.374 e. The lowest BCUT2D eigenvalue weighted by Crippen LogP contribution is -2.40. The van der Waals surface area contributed by atoms with Gasteiger partial charge in [-0.2, -0.15) is 0 Å². The molecule has 0 bridgehead atoms. The molecule has 7 heteroatoms. The van der Waals surface area contributed by atoms with Crippen molar-refractivity contribution in [3.8, 4) is 0 Å². The molecular weight excluding hydrogens is 430 g/mol. The number of nitrogens with one attached hydrogen (secondary N) is 1. The van der Waals surface area contributed by atoms with E-state index in [1.165, 1.54) is 32.1 Å². The van der Waals surface area contributed by atoms with Crippen molar-refractivity contribution >= 4 is 35.1 Å². The standard InChI is InChI=1S/C25H33NO5.ClH/c1-16(29-2)15-30-25(28)23-14-19-12-17(8-9-22(19)31-23)13-21(27)24-20(10-11-26-24)18-6-4-3-5-7-18;/h8-9,12,14,16,18,20,24,26H,3-7,10-11,13,15H2,1-2H3;1H/t16-,20-,24-;/m0./s1. The molecule has 1 saturated heterocycles. The number of Topliss-reactive ketones (excluding diaryl/α,β-unsaturated/α-hetero) is 1. The van der Waals surface area contributed by atoms with E-state index in [0.717, 1.165) is 23.9 Å². The van der Waals surface area contributed by atoms with Gasteiger partial charge in [0.05, 0.1) is 12.1 Å². The maximum absolute atomic E-state index is 13.1. The van der Waals surface area contributed by atoms with Gasteiger partial charge in [-0.25, -0.2) is 4.79 Å². The number of benzene rings is 1. The number of hydrogen-bond acceptors (Lipinski definition) is 6. The van der Waals surface area contributed by atoms with Crippen LogP contribution < -0.4 is 5.32 Å². The highest BCUT2D eigenvalue weighted by Gasteiger charge is 2.37. The second kappa shape index (κ2) is 11.3. The highest BCUT2D eigenvalue weighted by molar-refractivity contribution is 5.93. The quantitative estimate of drug-likeness (QED) is 0.571. The number of carbonyl (C=O) groups is 2. The predicted octanol–water partition coefficient (Wildman–Crippen LogP) is 4.72. The summed E-state index contributed by atoms with van der Waals surface area (Å²) in [6, 6.07) is 7.33. The molecule has 0 unspecified atom stereocenters. The molecular formula is C25H34ClNO5. The van der Waals surface area contributed by atoms with Crippen molar-refractivity contribution in [3.63, 3.8) is 0 Å². The minimum absolute atomic E-state index is 0. The van der Waals surface area contributed by atoms with Crippen molar-refractivity contribution in [3.05, 3.63) is 35.6 Å². The number of hydrogen-bond donors (Lipinski definition) is 1. The van der Waals surface area contributed by atoms with Gasteiger partial charge in [-0.1, -0.05) is 38.2 Å². The molecule has 0 amide bonds. The van der Waals surface area contributed by atoms with Gasteiger partial charge in [0.1, 0.15) is 12.2 Å². The largest absolute Gasteiger partial charge is 0.457 e. The van der Waals surface area contributed by atoms with E-state index in [4.69, 9.17) is 13.9 Å². The van der Waals surface area contributed by atoms with Crippen LogP contribution in [0.3, 0.4) is 0 Å². The van der Waals surface area contributed by atoms with Crippen LogP contribution in [0.15, 0.2) is 28.7 Å². The molecule has 32 heavy (non-hydrogen) atoms. The third-order valence-corrected chi connectivity index (χ3v) is 6.88. The lowest BCUT2D eigenvalue weighted by atomic mass is 9.75. The molecule has 2 aromatic rings. The fourth-order valence-electron chi connectivity index (χ4n) is 5.09. The van der Waals surface area contributed by atoms with Gasteiger partial charge in [-0.15, -0.1) is 12.4 Å². The van der Waals surface area contributed by atoms with Gasteiger partial charge in [0, 0.05) is 18.9 Å². The van der Waals surface area contributed by atoms with E-state index in [0.29, 0.717) is 23.8 Å². The van der Waals surface area contributed by atoms with Crippen molar-refractivity contribution in [2.75, 3.05) is 20.3 Å². The van der Waals surface area contributed by atoms with Gasteiger partial charge in [0.15, 0.2) is 5.78 Å². The van der Waals surface area contributed by atoms with E-state index in [1.54, 1.807) is 13.2 Å². The molecule has 1 aliphatic carbocycles. The number of halogens is 1. The summed E-state index contributed by atoms with van der Waals surface area (Å²) < 4.78 is 16.0. The Morgan fingerprint density at radius 3 is 2.69 bits per heavy atom. The molecule has 4 rings (SSSR count). The summed E-state index contributed by atoms with van der Waals surface area (Å²) in [6.07, 6.45) is 7.79. The maximum atomic E-state index is 13.1.